The van der Waals surface area contributed by atoms with Gasteiger partial charge in [0.15, 0.2) is 0 Å². The van der Waals surface area contributed by atoms with Crippen molar-refractivity contribution in [3.8, 4) is 5.75 Å². The van der Waals surface area contributed by atoms with E-state index >= 15 is 0 Å². The van der Waals surface area contributed by atoms with Crippen LogP contribution in [-0.4, -0.2) is 18.1 Å². The van der Waals surface area contributed by atoms with Gasteiger partial charge in [0, 0.05) is 11.3 Å². The van der Waals surface area contributed by atoms with E-state index in [0.717, 1.165) is 22.1 Å². The van der Waals surface area contributed by atoms with Gasteiger partial charge in [-0.2, -0.15) is 0 Å². The van der Waals surface area contributed by atoms with E-state index < -0.39 is 0 Å². The Labute approximate surface area is 145 Å². The quantitative estimate of drug-likeness (QED) is 0.699. The number of benzene rings is 3. The maximum absolute atomic E-state index is 12.1. The Bertz CT molecular complexity index is 886. The number of fused-ring (bicyclic) bond motifs is 1. The Morgan fingerprint density at radius 1 is 0.958 bits per heavy atom. The Balaban J connectivity index is 1.72. The lowest BCUT2D eigenvalue weighted by Crippen LogP contribution is -2.33. The first-order valence-corrected chi connectivity index (χ1v) is 7.82. The van der Waals surface area contributed by atoms with Crippen LogP contribution >= 0.6 is 12.2 Å². The third-order valence-corrected chi connectivity index (χ3v) is 3.93. The molecule has 0 aliphatic heterocycles. The maximum atomic E-state index is 12.1. The number of carbonyl (C=O) groups is 1. The second-order valence-electron chi connectivity index (χ2n) is 5.16. The van der Waals surface area contributed by atoms with Gasteiger partial charge < -0.3 is 10.1 Å². The van der Waals surface area contributed by atoms with Crippen LogP contribution in [0.1, 0.15) is 5.56 Å². The molecule has 3 rings (SSSR count). The number of hydrogen-bond donors (Lipinski definition) is 2. The molecule has 0 atom stereocenters. The van der Waals surface area contributed by atoms with Crippen LogP contribution in [0, 0.1) is 0 Å². The van der Waals surface area contributed by atoms with E-state index in [2.05, 4.69) is 10.6 Å². The molecule has 0 aliphatic rings. The molecule has 2 N–H and O–H groups in total. The number of urea groups is 1. The number of hydrogen-bond acceptors (Lipinski definition) is 3. The summed E-state index contributed by atoms with van der Waals surface area (Å²) in [5.74, 6) is 0.729. The molecule has 0 fully saturated rings. The largest absolute Gasteiger partial charge is 0.497 e. The van der Waals surface area contributed by atoms with Crippen molar-refractivity contribution >= 4 is 39.7 Å². The van der Waals surface area contributed by atoms with E-state index in [1.807, 2.05) is 42.5 Å². The summed E-state index contributed by atoms with van der Waals surface area (Å²) in [7, 11) is 1.60. The van der Waals surface area contributed by atoms with Gasteiger partial charge in [0.05, 0.1) is 7.11 Å². The highest BCUT2D eigenvalue weighted by atomic mass is 32.1. The highest BCUT2D eigenvalue weighted by Crippen LogP contribution is 2.19. The van der Waals surface area contributed by atoms with Gasteiger partial charge in [0.25, 0.3) is 0 Å². The van der Waals surface area contributed by atoms with Gasteiger partial charge in [-0.1, -0.05) is 54.7 Å². The first-order valence-electron chi connectivity index (χ1n) is 7.41. The Morgan fingerprint density at radius 3 is 2.42 bits per heavy atom. The molecular weight excluding hydrogens is 320 g/mol. The van der Waals surface area contributed by atoms with E-state index in [9.17, 15) is 4.79 Å². The predicted octanol–water partition coefficient (Wildman–Crippen LogP) is 4.35. The molecule has 5 heteroatoms. The Morgan fingerprint density at radius 2 is 1.67 bits per heavy atom. The van der Waals surface area contributed by atoms with Gasteiger partial charge in [0.2, 0.25) is 0 Å². The number of ether oxygens (including phenoxy) is 1. The molecule has 0 spiro atoms. The number of amides is 2. The minimum absolute atomic E-state index is 0.377. The fraction of sp³-hybridized carbons (Fsp3) is 0.0526. The van der Waals surface area contributed by atoms with Crippen LogP contribution in [0.3, 0.4) is 0 Å². The lowest BCUT2D eigenvalue weighted by molar-refractivity contribution is 0.256. The van der Waals surface area contributed by atoms with Crippen molar-refractivity contribution in [1.29, 1.82) is 0 Å². The van der Waals surface area contributed by atoms with E-state index in [0.29, 0.717) is 10.7 Å². The number of methoxy groups -OCH3 is 1. The third kappa shape index (κ3) is 3.52. The van der Waals surface area contributed by atoms with Crippen LogP contribution in [0.5, 0.6) is 5.75 Å². The Hall–Kier alpha value is -2.92. The third-order valence-electron chi connectivity index (χ3n) is 3.61. The fourth-order valence-corrected chi connectivity index (χ4v) is 2.70. The number of anilines is 1. The average molecular weight is 336 g/mol. The number of thiocarbonyl (C=S) groups is 1. The van der Waals surface area contributed by atoms with Gasteiger partial charge in [-0.25, -0.2) is 4.79 Å². The zero-order valence-corrected chi connectivity index (χ0v) is 13.9. The minimum atomic E-state index is -0.377. The molecule has 24 heavy (non-hydrogen) atoms. The van der Waals surface area contributed by atoms with Crippen molar-refractivity contribution < 1.29 is 9.53 Å². The zero-order valence-electron chi connectivity index (χ0n) is 13.1. The van der Waals surface area contributed by atoms with Crippen molar-refractivity contribution in [2.24, 2.45) is 0 Å². The molecule has 120 valence electrons. The standard InChI is InChI=1S/C19H16N2O2S/c1-23-15-11-9-14(10-12-15)20-19(22)21-18(24)17-8-4-6-13-5-2-3-7-16(13)17/h2-12H,1H3,(H2,20,21,22,24). The molecule has 0 bridgehead atoms. The van der Waals surface area contributed by atoms with Crippen LogP contribution in [0.15, 0.2) is 66.7 Å². The molecule has 0 saturated heterocycles. The molecule has 0 radical (unpaired) electrons. The second kappa shape index (κ2) is 7.10. The second-order valence-corrected chi connectivity index (χ2v) is 5.57. The summed E-state index contributed by atoms with van der Waals surface area (Å²) >= 11 is 5.39. The van der Waals surface area contributed by atoms with Gasteiger partial charge in [0.1, 0.15) is 10.7 Å². The first kappa shape index (κ1) is 16.0. The highest BCUT2D eigenvalue weighted by Gasteiger charge is 2.10. The molecule has 0 aliphatic carbocycles. The van der Waals surface area contributed by atoms with Crippen molar-refractivity contribution in [2.45, 2.75) is 0 Å². The summed E-state index contributed by atoms with van der Waals surface area (Å²) in [5.41, 5.74) is 1.49. The molecule has 0 aromatic heterocycles. The predicted molar refractivity (Wildman–Crippen MR) is 101 cm³/mol. The smallest absolute Gasteiger partial charge is 0.324 e. The lowest BCUT2D eigenvalue weighted by atomic mass is 10.0. The maximum Gasteiger partial charge on any atom is 0.324 e. The molecule has 4 nitrogen and oxygen atoms in total. The van der Waals surface area contributed by atoms with Gasteiger partial charge in [-0.15, -0.1) is 0 Å². The molecule has 0 heterocycles. The van der Waals surface area contributed by atoms with Crippen molar-refractivity contribution in [1.82, 2.24) is 5.32 Å². The van der Waals surface area contributed by atoms with Gasteiger partial charge in [-0.3, -0.25) is 5.32 Å². The van der Waals surface area contributed by atoms with Crippen LogP contribution in [0.2, 0.25) is 0 Å². The number of carbonyl (C=O) groups excluding carboxylic acids is 1. The van der Waals surface area contributed by atoms with E-state index in [4.69, 9.17) is 17.0 Å². The summed E-state index contributed by atoms with van der Waals surface area (Å²) in [4.78, 5) is 12.5. The van der Waals surface area contributed by atoms with E-state index in [1.54, 1.807) is 31.4 Å². The lowest BCUT2D eigenvalue weighted by Gasteiger charge is -2.11. The summed E-state index contributed by atoms with van der Waals surface area (Å²) < 4.78 is 5.09. The van der Waals surface area contributed by atoms with Gasteiger partial charge >= 0.3 is 6.03 Å². The monoisotopic (exact) mass is 336 g/mol. The van der Waals surface area contributed by atoms with Crippen LogP contribution in [0.4, 0.5) is 10.5 Å². The van der Waals surface area contributed by atoms with E-state index in [-0.39, 0.29) is 6.03 Å². The SMILES string of the molecule is COc1ccc(NC(=O)NC(=S)c2cccc3ccccc23)cc1. The highest BCUT2D eigenvalue weighted by molar-refractivity contribution is 7.80. The summed E-state index contributed by atoms with van der Waals surface area (Å²) in [6, 6.07) is 20.5. The topological polar surface area (TPSA) is 50.4 Å². The number of rotatable bonds is 3. The van der Waals surface area contributed by atoms with Gasteiger partial charge in [-0.05, 0) is 35.0 Å². The normalized spacial score (nSPS) is 10.2. The Kier molecular flexibility index (Phi) is 4.72. The molecule has 0 unspecified atom stereocenters. The van der Waals surface area contributed by atoms with Crippen molar-refractivity contribution in [3.05, 3.63) is 72.3 Å². The zero-order chi connectivity index (χ0) is 16.9. The molecular formula is C19H16N2O2S. The number of nitrogens with one attached hydrogen (secondary N) is 2. The van der Waals surface area contributed by atoms with Crippen LogP contribution in [-0.2, 0) is 0 Å². The minimum Gasteiger partial charge on any atom is -0.497 e. The molecule has 3 aromatic carbocycles. The van der Waals surface area contributed by atoms with Crippen molar-refractivity contribution in [2.75, 3.05) is 12.4 Å². The molecule has 0 saturated carbocycles. The molecule has 2 amide bonds. The summed E-state index contributed by atoms with van der Waals surface area (Å²) in [6.07, 6.45) is 0. The van der Waals surface area contributed by atoms with Crippen LogP contribution in [0.25, 0.3) is 10.8 Å². The van der Waals surface area contributed by atoms with E-state index in [1.165, 1.54) is 0 Å². The summed E-state index contributed by atoms with van der Waals surface area (Å²) in [6.45, 7) is 0. The average Bonchev–Trinajstić information content (AvgIpc) is 2.61. The van der Waals surface area contributed by atoms with Crippen molar-refractivity contribution in [3.63, 3.8) is 0 Å². The fourth-order valence-electron chi connectivity index (χ4n) is 2.43. The summed E-state index contributed by atoms with van der Waals surface area (Å²) in [5, 5.41) is 7.55. The first-order chi connectivity index (χ1) is 11.7. The van der Waals surface area contributed by atoms with Crippen LogP contribution < -0.4 is 15.4 Å². The molecule has 3 aromatic rings.